The van der Waals surface area contributed by atoms with Crippen LogP contribution in [0.3, 0.4) is 0 Å². The predicted octanol–water partition coefficient (Wildman–Crippen LogP) is 4.04. The lowest BCUT2D eigenvalue weighted by molar-refractivity contribution is -0.112. The summed E-state index contributed by atoms with van der Waals surface area (Å²) in [6.07, 6.45) is 4.99. The van der Waals surface area contributed by atoms with E-state index in [1.165, 1.54) is 6.92 Å². The molecule has 0 N–H and O–H groups in total. The maximum absolute atomic E-state index is 13.1. The summed E-state index contributed by atoms with van der Waals surface area (Å²) in [6, 6.07) is 11.0. The first kappa shape index (κ1) is 19.5. The zero-order chi connectivity index (χ0) is 19.6. The Balaban J connectivity index is 1.98. The van der Waals surface area contributed by atoms with Gasteiger partial charge in [-0.15, -0.1) is 0 Å². The smallest absolute Gasteiger partial charge is 0.243 e. The standard InChI is InChI=1S/C22H25NO3S/c1-16-6-11-20(12-7-16)27(25,26)23-14-4-5-22-19(15-23)10-8-17(2)21(22)13-9-18(3)24/h6-13H,4-5,14-15H2,1-3H3/b13-9+. The number of benzene rings is 2. The molecule has 0 amide bonds. The van der Waals surface area contributed by atoms with E-state index in [4.69, 9.17) is 0 Å². The van der Waals surface area contributed by atoms with E-state index in [2.05, 4.69) is 0 Å². The lowest BCUT2D eigenvalue weighted by Crippen LogP contribution is -2.30. The summed E-state index contributed by atoms with van der Waals surface area (Å²) >= 11 is 0. The number of ketones is 1. The van der Waals surface area contributed by atoms with Crippen LogP contribution in [0.25, 0.3) is 6.08 Å². The van der Waals surface area contributed by atoms with Crippen LogP contribution in [0.5, 0.6) is 0 Å². The first-order chi connectivity index (χ1) is 12.8. The molecule has 0 spiro atoms. The number of nitrogens with zero attached hydrogens (tertiary/aromatic N) is 1. The van der Waals surface area contributed by atoms with E-state index < -0.39 is 10.0 Å². The second-order valence-corrected chi connectivity index (χ2v) is 9.07. The van der Waals surface area contributed by atoms with E-state index in [0.717, 1.165) is 40.7 Å². The van der Waals surface area contributed by atoms with Crippen molar-refractivity contribution >= 4 is 21.9 Å². The van der Waals surface area contributed by atoms with Gasteiger partial charge >= 0.3 is 0 Å². The highest BCUT2D eigenvalue weighted by Crippen LogP contribution is 2.29. The Morgan fingerprint density at radius 3 is 2.44 bits per heavy atom. The van der Waals surface area contributed by atoms with Gasteiger partial charge in [0, 0.05) is 13.1 Å². The van der Waals surface area contributed by atoms with Crippen molar-refractivity contribution < 1.29 is 13.2 Å². The summed E-state index contributed by atoms with van der Waals surface area (Å²) in [7, 11) is -3.53. The number of sulfonamides is 1. The SMILES string of the molecule is CC(=O)/C=C/c1c(C)ccc2c1CCCN(S(=O)(=O)c1ccc(C)cc1)C2. The van der Waals surface area contributed by atoms with Gasteiger partial charge in [0.2, 0.25) is 10.0 Å². The number of fused-ring (bicyclic) bond motifs is 1. The van der Waals surface area contributed by atoms with Crippen LogP contribution in [-0.2, 0) is 27.8 Å². The maximum Gasteiger partial charge on any atom is 0.243 e. The number of rotatable bonds is 4. The summed E-state index contributed by atoms with van der Waals surface area (Å²) in [6.45, 7) is 6.33. The van der Waals surface area contributed by atoms with Crippen molar-refractivity contribution in [3.63, 3.8) is 0 Å². The minimum Gasteiger partial charge on any atom is -0.295 e. The number of hydrogen-bond acceptors (Lipinski definition) is 3. The number of carbonyl (C=O) groups excluding carboxylic acids is 1. The quantitative estimate of drug-likeness (QED) is 0.749. The molecule has 4 nitrogen and oxygen atoms in total. The normalized spacial score (nSPS) is 15.5. The van der Waals surface area contributed by atoms with E-state index in [9.17, 15) is 13.2 Å². The molecule has 2 aromatic rings. The molecule has 0 unspecified atom stereocenters. The third-order valence-corrected chi connectivity index (χ3v) is 6.86. The summed E-state index contributed by atoms with van der Waals surface area (Å²) < 4.78 is 27.8. The fraction of sp³-hybridized carbons (Fsp3) is 0.318. The van der Waals surface area contributed by atoms with E-state index in [-0.39, 0.29) is 5.78 Å². The lowest BCUT2D eigenvalue weighted by Gasteiger charge is -2.21. The number of carbonyl (C=O) groups is 1. The largest absolute Gasteiger partial charge is 0.295 e. The Kier molecular flexibility index (Phi) is 5.63. The van der Waals surface area contributed by atoms with Crippen molar-refractivity contribution in [2.75, 3.05) is 6.54 Å². The van der Waals surface area contributed by atoms with Gasteiger partial charge in [0.15, 0.2) is 5.78 Å². The highest BCUT2D eigenvalue weighted by atomic mass is 32.2. The van der Waals surface area contributed by atoms with Gasteiger partial charge in [0.1, 0.15) is 0 Å². The summed E-state index contributed by atoms with van der Waals surface area (Å²) in [5, 5.41) is 0. The van der Waals surface area contributed by atoms with Gasteiger partial charge in [0.05, 0.1) is 4.90 Å². The minimum absolute atomic E-state index is 0.00389. The van der Waals surface area contributed by atoms with Gasteiger partial charge in [0.25, 0.3) is 0 Å². The lowest BCUT2D eigenvalue weighted by atomic mass is 9.93. The Morgan fingerprint density at radius 1 is 1.07 bits per heavy atom. The average molecular weight is 384 g/mol. The van der Waals surface area contributed by atoms with Gasteiger partial charge in [-0.05, 0) is 74.1 Å². The van der Waals surface area contributed by atoms with Gasteiger partial charge < -0.3 is 0 Å². The molecule has 1 aliphatic rings. The molecule has 0 bridgehead atoms. The Bertz CT molecular complexity index is 989. The summed E-state index contributed by atoms with van der Waals surface area (Å²) in [5.74, 6) is 0.00389. The van der Waals surface area contributed by atoms with Crippen LogP contribution in [0, 0.1) is 13.8 Å². The maximum atomic E-state index is 13.1. The predicted molar refractivity (Wildman–Crippen MR) is 108 cm³/mol. The van der Waals surface area contributed by atoms with Crippen LogP contribution in [0.2, 0.25) is 0 Å². The molecule has 3 rings (SSSR count). The van der Waals surface area contributed by atoms with Crippen molar-refractivity contribution in [3.8, 4) is 0 Å². The first-order valence-electron chi connectivity index (χ1n) is 9.16. The van der Waals surface area contributed by atoms with Gasteiger partial charge in [-0.3, -0.25) is 4.79 Å². The molecule has 1 aliphatic heterocycles. The highest BCUT2D eigenvalue weighted by Gasteiger charge is 2.27. The van der Waals surface area contributed by atoms with Gasteiger partial charge in [-0.2, -0.15) is 4.31 Å². The average Bonchev–Trinajstić information content (AvgIpc) is 2.84. The molecule has 0 saturated carbocycles. The van der Waals surface area contributed by atoms with E-state index >= 15 is 0 Å². The molecular formula is C22H25NO3S. The number of allylic oxidation sites excluding steroid dienone is 1. The topological polar surface area (TPSA) is 54.5 Å². The number of hydrogen-bond donors (Lipinski definition) is 0. The molecule has 27 heavy (non-hydrogen) atoms. The molecule has 0 saturated heterocycles. The van der Waals surface area contributed by atoms with E-state index in [1.54, 1.807) is 22.5 Å². The van der Waals surface area contributed by atoms with Crippen molar-refractivity contribution in [3.05, 3.63) is 70.3 Å². The zero-order valence-corrected chi connectivity index (χ0v) is 16.8. The molecule has 1 heterocycles. The van der Waals surface area contributed by atoms with Gasteiger partial charge in [-0.25, -0.2) is 8.42 Å². The van der Waals surface area contributed by atoms with Crippen LogP contribution >= 0.6 is 0 Å². The van der Waals surface area contributed by atoms with E-state index in [0.29, 0.717) is 18.0 Å². The monoisotopic (exact) mass is 383 g/mol. The van der Waals surface area contributed by atoms with Crippen LogP contribution in [-0.4, -0.2) is 25.1 Å². The minimum atomic E-state index is -3.53. The second-order valence-electron chi connectivity index (χ2n) is 7.13. The Morgan fingerprint density at radius 2 is 1.78 bits per heavy atom. The van der Waals surface area contributed by atoms with Crippen molar-refractivity contribution in [1.29, 1.82) is 0 Å². The number of aryl methyl sites for hydroxylation is 2. The summed E-state index contributed by atoms with van der Waals surface area (Å²) in [4.78, 5) is 11.7. The van der Waals surface area contributed by atoms with Gasteiger partial charge in [-0.1, -0.05) is 35.9 Å². The Labute approximate surface area is 161 Å². The molecular weight excluding hydrogens is 358 g/mol. The first-order valence-corrected chi connectivity index (χ1v) is 10.6. The van der Waals surface area contributed by atoms with Crippen molar-refractivity contribution in [1.82, 2.24) is 4.31 Å². The molecule has 142 valence electrons. The molecule has 5 heteroatoms. The Hall–Kier alpha value is -2.24. The zero-order valence-electron chi connectivity index (χ0n) is 16.0. The highest BCUT2D eigenvalue weighted by molar-refractivity contribution is 7.89. The van der Waals surface area contributed by atoms with E-state index in [1.807, 2.05) is 44.2 Å². The second kappa shape index (κ2) is 7.79. The third kappa shape index (κ3) is 4.20. The molecule has 0 radical (unpaired) electrons. The van der Waals surface area contributed by atoms with Crippen LogP contribution in [0.1, 0.15) is 41.2 Å². The molecule has 0 aliphatic carbocycles. The third-order valence-electron chi connectivity index (χ3n) is 5.00. The van der Waals surface area contributed by atoms with Crippen LogP contribution in [0.4, 0.5) is 0 Å². The fourth-order valence-corrected chi connectivity index (χ4v) is 4.93. The van der Waals surface area contributed by atoms with Crippen molar-refractivity contribution in [2.45, 2.75) is 45.1 Å². The van der Waals surface area contributed by atoms with Crippen LogP contribution < -0.4 is 0 Å². The fourth-order valence-electron chi connectivity index (χ4n) is 3.47. The molecule has 0 atom stereocenters. The molecule has 2 aromatic carbocycles. The molecule has 0 fully saturated rings. The van der Waals surface area contributed by atoms with Crippen molar-refractivity contribution in [2.24, 2.45) is 0 Å². The summed E-state index contributed by atoms with van der Waals surface area (Å²) in [5.41, 5.74) is 5.33. The van der Waals surface area contributed by atoms with Crippen LogP contribution in [0.15, 0.2) is 47.4 Å². The molecule has 0 aromatic heterocycles.